The molecule has 4 aromatic rings. The number of para-hydroxylation sites is 1. The zero-order valence-electron chi connectivity index (χ0n) is 17.0. The molecule has 1 amide bonds. The zero-order chi connectivity index (χ0) is 21.2. The number of amides is 1. The van der Waals surface area contributed by atoms with Gasteiger partial charge < -0.3 is 4.90 Å². The monoisotopic (exact) mass is 427 g/mol. The fourth-order valence-corrected chi connectivity index (χ4v) is 4.43. The van der Waals surface area contributed by atoms with Gasteiger partial charge in [-0.05, 0) is 49.2 Å². The van der Waals surface area contributed by atoms with Gasteiger partial charge in [-0.25, -0.2) is 4.98 Å². The minimum atomic E-state index is -0.0125. The summed E-state index contributed by atoms with van der Waals surface area (Å²) in [5.41, 5.74) is 4.26. The number of pyridine rings is 2. The van der Waals surface area contributed by atoms with E-state index in [1.54, 1.807) is 0 Å². The van der Waals surface area contributed by atoms with E-state index in [0.29, 0.717) is 17.3 Å². The van der Waals surface area contributed by atoms with E-state index in [1.165, 1.54) is 0 Å². The van der Waals surface area contributed by atoms with E-state index < -0.39 is 0 Å². The molecule has 0 unspecified atom stereocenters. The quantitative estimate of drug-likeness (QED) is 0.404. The third-order valence-corrected chi connectivity index (χ3v) is 6.07. The summed E-state index contributed by atoms with van der Waals surface area (Å²) in [6, 6.07) is 25.5. The number of benzene rings is 2. The highest BCUT2D eigenvalue weighted by Crippen LogP contribution is 2.29. The number of nitrogens with zero attached hydrogens (tertiary/aromatic N) is 3. The maximum Gasteiger partial charge on any atom is 0.272 e. The first-order valence-corrected chi connectivity index (χ1v) is 10.9. The first-order valence-electron chi connectivity index (χ1n) is 10.6. The molecule has 1 saturated heterocycles. The van der Waals surface area contributed by atoms with Gasteiger partial charge in [0.25, 0.3) is 5.91 Å². The molecule has 0 N–H and O–H groups in total. The standard InChI is InChI=1S/C26H22ClN3O/c27-21-9-3-7-19(16-21)23-11-4-12-24(28-23)20-8-5-15-30(17-20)26(31)25-14-13-18-6-1-2-10-22(18)29-25/h1-4,6-7,9-14,16,20H,5,8,15,17H2/t20-/m0/s1. The summed E-state index contributed by atoms with van der Waals surface area (Å²) in [5.74, 6) is 0.193. The Morgan fingerprint density at radius 2 is 1.81 bits per heavy atom. The van der Waals surface area contributed by atoms with Crippen LogP contribution in [0.25, 0.3) is 22.2 Å². The molecule has 2 aromatic heterocycles. The van der Waals surface area contributed by atoms with Gasteiger partial charge in [-0.2, -0.15) is 0 Å². The molecule has 1 aliphatic rings. The van der Waals surface area contributed by atoms with Gasteiger partial charge in [-0.3, -0.25) is 9.78 Å². The van der Waals surface area contributed by atoms with Gasteiger partial charge in [0.15, 0.2) is 0 Å². The number of fused-ring (bicyclic) bond motifs is 1. The maximum absolute atomic E-state index is 13.2. The summed E-state index contributed by atoms with van der Waals surface area (Å²) in [6.45, 7) is 1.40. The second kappa shape index (κ2) is 8.48. The number of halogens is 1. The van der Waals surface area contributed by atoms with Crippen molar-refractivity contribution in [1.29, 1.82) is 0 Å². The number of hydrogen-bond acceptors (Lipinski definition) is 3. The molecular weight excluding hydrogens is 406 g/mol. The van der Waals surface area contributed by atoms with Crippen LogP contribution in [0.4, 0.5) is 0 Å². The number of likely N-dealkylation sites (tertiary alicyclic amines) is 1. The Balaban J connectivity index is 1.37. The molecule has 1 fully saturated rings. The number of carbonyl (C=O) groups is 1. The Morgan fingerprint density at radius 3 is 2.71 bits per heavy atom. The normalized spacial score (nSPS) is 16.4. The number of aromatic nitrogens is 2. The zero-order valence-corrected chi connectivity index (χ0v) is 17.8. The van der Waals surface area contributed by atoms with Crippen molar-refractivity contribution in [2.75, 3.05) is 13.1 Å². The van der Waals surface area contributed by atoms with E-state index in [0.717, 1.165) is 47.2 Å². The molecule has 31 heavy (non-hydrogen) atoms. The van der Waals surface area contributed by atoms with Crippen molar-refractivity contribution in [3.8, 4) is 11.3 Å². The average Bonchev–Trinajstić information content (AvgIpc) is 2.83. The van der Waals surface area contributed by atoms with Crippen LogP contribution in [-0.2, 0) is 0 Å². The van der Waals surface area contributed by atoms with Gasteiger partial charge in [-0.15, -0.1) is 0 Å². The average molecular weight is 428 g/mol. The number of hydrogen-bond donors (Lipinski definition) is 0. The molecule has 3 heterocycles. The lowest BCUT2D eigenvalue weighted by molar-refractivity contribution is 0.0700. The van der Waals surface area contributed by atoms with Crippen molar-refractivity contribution in [2.24, 2.45) is 0 Å². The van der Waals surface area contributed by atoms with E-state index in [4.69, 9.17) is 16.6 Å². The van der Waals surface area contributed by atoms with Crippen molar-refractivity contribution >= 4 is 28.4 Å². The van der Waals surface area contributed by atoms with Crippen LogP contribution < -0.4 is 0 Å². The van der Waals surface area contributed by atoms with Crippen LogP contribution in [0.2, 0.25) is 5.02 Å². The van der Waals surface area contributed by atoms with Crippen molar-refractivity contribution in [3.05, 3.63) is 95.3 Å². The maximum atomic E-state index is 13.2. The molecule has 154 valence electrons. The van der Waals surface area contributed by atoms with Crippen LogP contribution in [0.3, 0.4) is 0 Å². The summed E-state index contributed by atoms with van der Waals surface area (Å²) < 4.78 is 0. The van der Waals surface area contributed by atoms with Gasteiger partial charge >= 0.3 is 0 Å². The third kappa shape index (κ3) is 4.17. The lowest BCUT2D eigenvalue weighted by atomic mass is 9.93. The summed E-state index contributed by atoms with van der Waals surface area (Å²) in [4.78, 5) is 24.6. The third-order valence-electron chi connectivity index (χ3n) is 5.84. The molecule has 5 rings (SSSR count). The second-order valence-corrected chi connectivity index (χ2v) is 8.37. The fraction of sp³-hybridized carbons (Fsp3) is 0.192. The molecule has 0 aliphatic carbocycles. The highest BCUT2D eigenvalue weighted by Gasteiger charge is 2.27. The van der Waals surface area contributed by atoms with Crippen LogP contribution in [0.1, 0.15) is 34.9 Å². The summed E-state index contributed by atoms with van der Waals surface area (Å²) in [5, 5.41) is 1.74. The minimum absolute atomic E-state index is 0.0125. The Kier molecular flexibility index (Phi) is 5.39. The fourth-order valence-electron chi connectivity index (χ4n) is 4.24. The molecule has 1 aliphatic heterocycles. The molecule has 0 spiro atoms. The van der Waals surface area contributed by atoms with Crippen molar-refractivity contribution in [1.82, 2.24) is 14.9 Å². The molecule has 0 bridgehead atoms. The largest absolute Gasteiger partial charge is 0.337 e. The lowest BCUT2D eigenvalue weighted by Gasteiger charge is -2.32. The number of rotatable bonds is 3. The summed E-state index contributed by atoms with van der Waals surface area (Å²) >= 11 is 6.15. The number of piperidine rings is 1. The van der Waals surface area contributed by atoms with E-state index in [9.17, 15) is 4.79 Å². The highest BCUT2D eigenvalue weighted by molar-refractivity contribution is 6.30. The summed E-state index contributed by atoms with van der Waals surface area (Å²) in [7, 11) is 0. The Labute approximate surface area is 186 Å². The predicted molar refractivity (Wildman–Crippen MR) is 124 cm³/mol. The first-order chi connectivity index (χ1) is 15.2. The highest BCUT2D eigenvalue weighted by atomic mass is 35.5. The second-order valence-electron chi connectivity index (χ2n) is 7.94. The predicted octanol–water partition coefficient (Wildman–Crippen LogP) is 5.97. The molecule has 5 heteroatoms. The van der Waals surface area contributed by atoms with Crippen LogP contribution in [0.15, 0.2) is 78.9 Å². The molecule has 0 saturated carbocycles. The minimum Gasteiger partial charge on any atom is -0.337 e. The Hall–Kier alpha value is -3.24. The topological polar surface area (TPSA) is 46.1 Å². The van der Waals surface area contributed by atoms with Crippen LogP contribution >= 0.6 is 11.6 Å². The first kappa shape index (κ1) is 19.7. The van der Waals surface area contributed by atoms with Gasteiger partial charge in [0.1, 0.15) is 5.69 Å². The van der Waals surface area contributed by atoms with Crippen molar-refractivity contribution in [3.63, 3.8) is 0 Å². The molecule has 2 aromatic carbocycles. The Bertz CT molecular complexity index is 1260. The molecule has 4 nitrogen and oxygen atoms in total. The van der Waals surface area contributed by atoms with Gasteiger partial charge in [0.05, 0.1) is 11.2 Å². The molecule has 1 atom stereocenters. The Morgan fingerprint density at radius 1 is 0.935 bits per heavy atom. The lowest BCUT2D eigenvalue weighted by Crippen LogP contribution is -2.39. The summed E-state index contributed by atoms with van der Waals surface area (Å²) in [6.07, 6.45) is 1.97. The smallest absolute Gasteiger partial charge is 0.272 e. The van der Waals surface area contributed by atoms with Gasteiger partial charge in [0, 0.05) is 40.7 Å². The van der Waals surface area contributed by atoms with Gasteiger partial charge in [0.2, 0.25) is 0 Å². The van der Waals surface area contributed by atoms with Crippen molar-refractivity contribution < 1.29 is 4.79 Å². The van der Waals surface area contributed by atoms with E-state index in [1.807, 2.05) is 77.7 Å². The number of carbonyl (C=O) groups excluding carboxylic acids is 1. The van der Waals surface area contributed by atoms with Crippen LogP contribution in [0.5, 0.6) is 0 Å². The molecule has 0 radical (unpaired) electrons. The van der Waals surface area contributed by atoms with Crippen molar-refractivity contribution in [2.45, 2.75) is 18.8 Å². The van der Waals surface area contributed by atoms with Gasteiger partial charge in [-0.1, -0.05) is 54.1 Å². The van der Waals surface area contributed by atoms with E-state index in [2.05, 4.69) is 11.1 Å². The van der Waals surface area contributed by atoms with Crippen LogP contribution in [-0.4, -0.2) is 33.9 Å². The van der Waals surface area contributed by atoms with Crippen LogP contribution in [0, 0.1) is 0 Å². The van der Waals surface area contributed by atoms with E-state index in [-0.39, 0.29) is 11.8 Å². The SMILES string of the molecule is O=C(c1ccc2ccccc2n1)N1CCC[C@H](c2cccc(-c3cccc(Cl)c3)n2)C1. The molecular formula is C26H22ClN3O. The van der Waals surface area contributed by atoms with E-state index >= 15 is 0 Å².